The van der Waals surface area contributed by atoms with Crippen LogP contribution in [0.5, 0.6) is 5.75 Å². The number of hydrogen-bond donors (Lipinski definition) is 2. The van der Waals surface area contributed by atoms with Crippen molar-refractivity contribution in [2.45, 2.75) is 26.2 Å². The molecule has 5 nitrogen and oxygen atoms in total. The van der Waals surface area contributed by atoms with Crippen LogP contribution in [0.25, 0.3) is 17.0 Å². The molecule has 1 heterocycles. The third kappa shape index (κ3) is 6.64. The van der Waals surface area contributed by atoms with Crippen LogP contribution >= 0.6 is 11.6 Å². The van der Waals surface area contributed by atoms with E-state index in [0.29, 0.717) is 29.2 Å². The summed E-state index contributed by atoms with van der Waals surface area (Å²) in [7, 11) is 0. The summed E-state index contributed by atoms with van der Waals surface area (Å²) in [5.41, 5.74) is 3.89. The lowest BCUT2D eigenvalue weighted by molar-refractivity contribution is 0.104. The zero-order valence-electron chi connectivity index (χ0n) is 21.5. The number of nitrogens with one attached hydrogen (secondary N) is 1. The summed E-state index contributed by atoms with van der Waals surface area (Å²) in [4.78, 5) is 21.4. The van der Waals surface area contributed by atoms with Crippen molar-refractivity contribution in [3.8, 4) is 5.75 Å². The van der Waals surface area contributed by atoms with Gasteiger partial charge in [0.25, 0.3) is 0 Å². The predicted molar refractivity (Wildman–Crippen MR) is 154 cm³/mol. The van der Waals surface area contributed by atoms with Crippen LogP contribution in [0.15, 0.2) is 77.9 Å². The van der Waals surface area contributed by atoms with Gasteiger partial charge in [-0.2, -0.15) is 0 Å². The van der Waals surface area contributed by atoms with Crippen molar-refractivity contribution in [1.29, 1.82) is 0 Å². The number of hydrogen-bond acceptors (Lipinski definition) is 5. The van der Waals surface area contributed by atoms with Crippen molar-refractivity contribution in [3.63, 3.8) is 0 Å². The van der Waals surface area contributed by atoms with E-state index in [2.05, 4.69) is 15.3 Å². The van der Waals surface area contributed by atoms with Crippen LogP contribution in [0, 0.1) is 5.82 Å². The number of ketones is 1. The number of pyridine rings is 1. The molecule has 0 spiro atoms. The number of anilines is 1. The van der Waals surface area contributed by atoms with Crippen LogP contribution in [0.1, 0.15) is 47.8 Å². The third-order valence-corrected chi connectivity index (χ3v) is 6.25. The maximum atomic E-state index is 13.2. The maximum absolute atomic E-state index is 13.2. The molecule has 4 rings (SSSR count). The fourth-order valence-corrected chi connectivity index (χ4v) is 4.19. The van der Waals surface area contributed by atoms with Gasteiger partial charge in [0.1, 0.15) is 11.6 Å². The predicted octanol–water partition coefficient (Wildman–Crippen LogP) is 7.46. The minimum atomic E-state index is -0.392. The number of fused-ring (bicyclic) bond motifs is 1. The number of aliphatic imine (C=N–C) groups is 1. The average molecular weight is 530 g/mol. The van der Waals surface area contributed by atoms with Crippen LogP contribution in [0.2, 0.25) is 5.02 Å². The highest BCUT2D eigenvalue weighted by Crippen LogP contribution is 2.34. The molecule has 0 aliphatic heterocycles. The summed E-state index contributed by atoms with van der Waals surface area (Å²) in [6.07, 6.45) is 6.52. The molecule has 0 saturated heterocycles. The molecule has 2 N–H and O–H groups in total. The maximum Gasteiger partial charge on any atom is 0.185 e. The van der Waals surface area contributed by atoms with E-state index in [0.717, 1.165) is 27.7 Å². The molecule has 3 aromatic carbocycles. The molecule has 7 heteroatoms. The Morgan fingerprint density at radius 1 is 1.11 bits per heavy atom. The second-order valence-electron chi connectivity index (χ2n) is 9.94. The van der Waals surface area contributed by atoms with Gasteiger partial charge in [-0.25, -0.2) is 4.39 Å². The average Bonchev–Trinajstić information content (AvgIpc) is 2.88. The zero-order valence-corrected chi connectivity index (χ0v) is 22.3. The van der Waals surface area contributed by atoms with Gasteiger partial charge in [-0.1, -0.05) is 38.4 Å². The monoisotopic (exact) mass is 529 g/mol. The largest absolute Gasteiger partial charge is 0.507 e. The van der Waals surface area contributed by atoms with Gasteiger partial charge in [-0.3, -0.25) is 14.8 Å². The van der Waals surface area contributed by atoms with E-state index < -0.39 is 5.82 Å². The molecule has 0 amide bonds. The Kier molecular flexibility index (Phi) is 8.23. The first-order valence-corrected chi connectivity index (χ1v) is 12.6. The van der Waals surface area contributed by atoms with E-state index in [9.17, 15) is 14.3 Å². The molecule has 0 atom stereocenters. The third-order valence-electron chi connectivity index (χ3n) is 6.02. The smallest absolute Gasteiger partial charge is 0.185 e. The molecule has 4 aromatic rings. The SMILES string of the molecule is CC(C)(C)c1cc(/C=C/C(=O)c2ccc(F)cc2)cc(C=NCCNc2ccnc3cc(Cl)ccc23)c1O. The number of carbonyl (C=O) groups is 1. The summed E-state index contributed by atoms with van der Waals surface area (Å²) in [5, 5.41) is 15.9. The Labute approximate surface area is 226 Å². The lowest BCUT2D eigenvalue weighted by Gasteiger charge is -2.22. The van der Waals surface area contributed by atoms with Crippen molar-refractivity contribution in [1.82, 2.24) is 4.98 Å². The number of benzene rings is 3. The van der Waals surface area contributed by atoms with Gasteiger partial charge < -0.3 is 10.4 Å². The highest BCUT2D eigenvalue weighted by atomic mass is 35.5. The molecule has 0 saturated carbocycles. The fraction of sp³-hybridized carbons (Fsp3) is 0.194. The van der Waals surface area contributed by atoms with E-state index >= 15 is 0 Å². The number of aromatic nitrogens is 1. The second kappa shape index (κ2) is 11.6. The van der Waals surface area contributed by atoms with Gasteiger partial charge in [-0.05, 0) is 77.7 Å². The summed E-state index contributed by atoms with van der Waals surface area (Å²) < 4.78 is 13.2. The molecule has 0 bridgehead atoms. The Hall–Kier alpha value is -4.03. The van der Waals surface area contributed by atoms with E-state index in [-0.39, 0.29) is 16.9 Å². The topological polar surface area (TPSA) is 74.6 Å². The fourth-order valence-electron chi connectivity index (χ4n) is 4.02. The summed E-state index contributed by atoms with van der Waals surface area (Å²) in [6.45, 7) is 7.09. The summed E-state index contributed by atoms with van der Waals surface area (Å²) in [5.74, 6) is -0.465. The number of allylic oxidation sites excluding steroid dienone is 1. The number of aromatic hydroxyl groups is 1. The molecule has 0 unspecified atom stereocenters. The standard InChI is InChI=1S/C31H29ClFN3O2/c1-31(2,3)26-17-20(4-11-29(37)21-5-8-24(33)9-6-21)16-22(30(26)38)19-34-14-15-36-27-12-13-35-28-18-23(32)7-10-25(27)28/h4-13,16-19,38H,14-15H2,1-3H3,(H,35,36)/b11-4+,34-19?. The molecule has 38 heavy (non-hydrogen) atoms. The number of phenolic OH excluding ortho intramolecular Hbond substituents is 1. The molecule has 0 radical (unpaired) electrons. The lowest BCUT2D eigenvalue weighted by Crippen LogP contribution is -2.12. The van der Waals surface area contributed by atoms with Crippen LogP contribution in [0.3, 0.4) is 0 Å². The summed E-state index contributed by atoms with van der Waals surface area (Å²) in [6, 6.07) is 16.6. The van der Waals surface area contributed by atoms with E-state index in [1.54, 1.807) is 24.6 Å². The minimum absolute atomic E-state index is 0.160. The van der Waals surface area contributed by atoms with Crippen LogP contribution in [-0.4, -0.2) is 35.2 Å². The highest BCUT2D eigenvalue weighted by Gasteiger charge is 2.20. The molecule has 0 fully saturated rings. The van der Waals surface area contributed by atoms with E-state index in [1.165, 1.54) is 30.3 Å². The first-order valence-electron chi connectivity index (χ1n) is 12.3. The van der Waals surface area contributed by atoms with E-state index in [1.807, 2.05) is 51.1 Å². The number of phenols is 1. The van der Waals surface area contributed by atoms with Crippen molar-refractivity contribution in [2.75, 3.05) is 18.4 Å². The first kappa shape index (κ1) is 27.0. The van der Waals surface area contributed by atoms with Crippen LogP contribution in [-0.2, 0) is 5.41 Å². The van der Waals surface area contributed by atoms with Crippen LogP contribution < -0.4 is 5.32 Å². The van der Waals surface area contributed by atoms with Crippen molar-refractivity contribution in [3.05, 3.63) is 106 Å². The molecule has 194 valence electrons. The molecule has 0 aliphatic rings. The Morgan fingerprint density at radius 3 is 2.61 bits per heavy atom. The van der Waals surface area contributed by atoms with Crippen LogP contribution in [0.4, 0.5) is 10.1 Å². The zero-order chi connectivity index (χ0) is 27.3. The van der Waals surface area contributed by atoms with Crippen molar-refractivity contribution in [2.24, 2.45) is 4.99 Å². The van der Waals surface area contributed by atoms with Gasteiger partial charge in [0.2, 0.25) is 0 Å². The quantitative estimate of drug-likeness (QED) is 0.107. The van der Waals surface area contributed by atoms with Crippen molar-refractivity contribution < 1.29 is 14.3 Å². The lowest BCUT2D eigenvalue weighted by atomic mass is 9.84. The number of halogens is 2. The summed E-state index contributed by atoms with van der Waals surface area (Å²) >= 11 is 6.07. The minimum Gasteiger partial charge on any atom is -0.507 e. The molecule has 1 aromatic heterocycles. The van der Waals surface area contributed by atoms with Gasteiger partial charge >= 0.3 is 0 Å². The molecular weight excluding hydrogens is 501 g/mol. The van der Waals surface area contributed by atoms with Crippen molar-refractivity contribution >= 4 is 46.3 Å². The number of nitrogens with zero attached hydrogens (tertiary/aromatic N) is 2. The van der Waals surface area contributed by atoms with Gasteiger partial charge in [0, 0.05) is 51.7 Å². The first-order chi connectivity index (χ1) is 18.1. The molecule has 0 aliphatic carbocycles. The van der Waals surface area contributed by atoms with Gasteiger partial charge in [-0.15, -0.1) is 0 Å². The number of carbonyl (C=O) groups excluding carboxylic acids is 1. The van der Waals surface area contributed by atoms with E-state index in [4.69, 9.17) is 11.6 Å². The Bertz CT molecular complexity index is 1520. The number of rotatable bonds is 8. The highest BCUT2D eigenvalue weighted by molar-refractivity contribution is 6.31. The second-order valence-corrected chi connectivity index (χ2v) is 10.4. The molecular formula is C31H29ClFN3O2. The Morgan fingerprint density at radius 2 is 1.87 bits per heavy atom. The normalized spacial score (nSPS) is 12.0. The van der Waals surface area contributed by atoms with Gasteiger partial charge in [0.15, 0.2) is 5.78 Å². The van der Waals surface area contributed by atoms with Gasteiger partial charge in [0.05, 0.1) is 12.1 Å². The Balaban J connectivity index is 1.49.